The van der Waals surface area contributed by atoms with Gasteiger partial charge in [-0.3, -0.25) is 9.59 Å². The molecular weight excluding hydrogens is 415 g/mol. The quantitative estimate of drug-likeness (QED) is 0.489. The van der Waals surface area contributed by atoms with Gasteiger partial charge < -0.3 is 14.6 Å². The Bertz CT molecular complexity index is 1340. The number of hydrogen-bond donors (Lipinski definition) is 1. The van der Waals surface area contributed by atoms with Crippen LogP contribution < -0.4 is 15.6 Å². The lowest BCUT2D eigenvalue weighted by atomic mass is 10.1. The Kier molecular flexibility index (Phi) is 5.72. The van der Waals surface area contributed by atoms with Gasteiger partial charge in [0.1, 0.15) is 29.1 Å². The minimum Gasteiger partial charge on any atom is -0.497 e. The number of methoxy groups -OCH3 is 1. The van der Waals surface area contributed by atoms with E-state index in [-0.39, 0.29) is 17.6 Å². The van der Waals surface area contributed by atoms with Crippen LogP contribution in [0, 0.1) is 12.7 Å². The molecule has 2 aromatic heterocycles. The van der Waals surface area contributed by atoms with E-state index in [9.17, 15) is 14.0 Å². The molecule has 2 heterocycles. The molecule has 0 bridgehead atoms. The molecule has 0 saturated heterocycles. The average Bonchev–Trinajstić information content (AvgIpc) is 3.19. The molecular formula is C23H21FN4O4. The minimum absolute atomic E-state index is 0.0257. The van der Waals surface area contributed by atoms with Crippen LogP contribution in [0.5, 0.6) is 5.75 Å². The van der Waals surface area contributed by atoms with E-state index in [4.69, 9.17) is 9.26 Å². The average molecular weight is 436 g/mol. The van der Waals surface area contributed by atoms with E-state index in [0.717, 1.165) is 4.68 Å². The maximum absolute atomic E-state index is 14.0. The molecule has 9 heteroatoms. The molecule has 2 aromatic carbocycles. The summed E-state index contributed by atoms with van der Waals surface area (Å²) in [5.41, 5.74) is 0.668. The number of benzene rings is 2. The molecule has 0 spiro atoms. The number of halogens is 1. The van der Waals surface area contributed by atoms with Crippen LogP contribution in [-0.2, 0) is 4.79 Å². The molecule has 0 radical (unpaired) electrons. The van der Waals surface area contributed by atoms with E-state index < -0.39 is 23.3 Å². The van der Waals surface area contributed by atoms with Crippen LogP contribution in [0.25, 0.3) is 22.2 Å². The lowest BCUT2D eigenvalue weighted by molar-refractivity contribution is -0.119. The third-order valence-electron chi connectivity index (χ3n) is 5.20. The van der Waals surface area contributed by atoms with Crippen LogP contribution >= 0.6 is 0 Å². The van der Waals surface area contributed by atoms with Crippen molar-refractivity contribution in [1.82, 2.24) is 14.9 Å². The predicted octanol–water partition coefficient (Wildman–Crippen LogP) is 4.10. The molecule has 0 aliphatic rings. The number of para-hydroxylation sites is 1. The number of anilines is 1. The van der Waals surface area contributed by atoms with Crippen molar-refractivity contribution in [2.45, 2.75) is 26.3 Å². The highest BCUT2D eigenvalue weighted by molar-refractivity contribution is 5.95. The Morgan fingerprint density at radius 3 is 2.59 bits per heavy atom. The number of rotatable bonds is 6. The Morgan fingerprint density at radius 2 is 1.94 bits per heavy atom. The van der Waals surface area contributed by atoms with Crippen LogP contribution in [0.3, 0.4) is 0 Å². The number of ether oxygens (including phenoxy) is 1. The number of aromatic nitrogens is 3. The zero-order valence-corrected chi connectivity index (χ0v) is 17.8. The van der Waals surface area contributed by atoms with E-state index in [2.05, 4.69) is 15.6 Å². The second-order valence-electron chi connectivity index (χ2n) is 7.18. The van der Waals surface area contributed by atoms with E-state index in [1.54, 1.807) is 51.3 Å². The molecule has 4 aromatic rings. The van der Waals surface area contributed by atoms with Gasteiger partial charge in [-0.05, 0) is 49.7 Å². The van der Waals surface area contributed by atoms with E-state index >= 15 is 0 Å². The zero-order chi connectivity index (χ0) is 22.8. The summed E-state index contributed by atoms with van der Waals surface area (Å²) in [6, 6.07) is 12.0. The van der Waals surface area contributed by atoms with Crippen molar-refractivity contribution in [3.05, 3.63) is 70.5 Å². The Balaban J connectivity index is 1.84. The van der Waals surface area contributed by atoms with Crippen molar-refractivity contribution in [3.8, 4) is 17.0 Å². The molecule has 32 heavy (non-hydrogen) atoms. The summed E-state index contributed by atoms with van der Waals surface area (Å²) < 4.78 is 25.6. The molecule has 1 N–H and O–H groups in total. The number of aryl methyl sites for hydroxylation is 1. The lowest BCUT2D eigenvalue weighted by Gasteiger charge is -2.18. The van der Waals surface area contributed by atoms with Gasteiger partial charge in [-0.1, -0.05) is 24.2 Å². The predicted molar refractivity (Wildman–Crippen MR) is 117 cm³/mol. The number of carbonyl (C=O) groups excluding carboxylic acids is 1. The summed E-state index contributed by atoms with van der Waals surface area (Å²) in [6.07, 6.45) is 0.248. The van der Waals surface area contributed by atoms with Crippen LogP contribution in [0.2, 0.25) is 0 Å². The van der Waals surface area contributed by atoms with Gasteiger partial charge in [0.15, 0.2) is 5.52 Å². The first-order chi connectivity index (χ1) is 15.4. The van der Waals surface area contributed by atoms with Crippen molar-refractivity contribution >= 4 is 22.5 Å². The number of fused-ring (bicyclic) bond motifs is 1. The topological polar surface area (TPSA) is 99.2 Å². The third kappa shape index (κ3) is 3.73. The Labute approximate surface area is 182 Å². The number of nitrogens with zero attached hydrogens (tertiary/aromatic N) is 3. The first-order valence-corrected chi connectivity index (χ1v) is 10.0. The summed E-state index contributed by atoms with van der Waals surface area (Å²) in [5.74, 6) is -0.0348. The van der Waals surface area contributed by atoms with Crippen LogP contribution in [-0.4, -0.2) is 28.0 Å². The van der Waals surface area contributed by atoms with Gasteiger partial charge in [-0.2, -0.15) is 5.10 Å². The largest absolute Gasteiger partial charge is 0.497 e. The van der Waals surface area contributed by atoms with E-state index in [0.29, 0.717) is 28.2 Å². The molecule has 0 saturated carbocycles. The number of hydrogen-bond acceptors (Lipinski definition) is 6. The lowest BCUT2D eigenvalue weighted by Crippen LogP contribution is -2.35. The highest BCUT2D eigenvalue weighted by Gasteiger charge is 2.26. The van der Waals surface area contributed by atoms with Crippen molar-refractivity contribution in [2.24, 2.45) is 0 Å². The van der Waals surface area contributed by atoms with Gasteiger partial charge >= 0.3 is 0 Å². The Morgan fingerprint density at radius 1 is 1.22 bits per heavy atom. The normalized spacial score (nSPS) is 12.0. The number of nitrogens with one attached hydrogen (secondary N) is 1. The maximum Gasteiger partial charge on any atom is 0.297 e. The first-order valence-electron chi connectivity index (χ1n) is 10.0. The van der Waals surface area contributed by atoms with E-state index in [1.165, 1.54) is 18.2 Å². The third-order valence-corrected chi connectivity index (χ3v) is 5.20. The summed E-state index contributed by atoms with van der Waals surface area (Å²) in [5, 5.41) is 11.4. The SMILES string of the molecule is CCC(C(=O)Nc1ccccc1F)n1nc(-c2ccc(OC)cc2)c2c(C)onc2c1=O. The second-order valence-corrected chi connectivity index (χ2v) is 7.18. The molecule has 1 unspecified atom stereocenters. The van der Waals surface area contributed by atoms with E-state index in [1.807, 2.05) is 0 Å². The molecule has 0 fully saturated rings. The maximum atomic E-state index is 14.0. The molecule has 8 nitrogen and oxygen atoms in total. The van der Waals surface area contributed by atoms with Gasteiger partial charge in [0.05, 0.1) is 18.2 Å². The van der Waals surface area contributed by atoms with Crippen LogP contribution in [0.4, 0.5) is 10.1 Å². The monoisotopic (exact) mass is 436 g/mol. The summed E-state index contributed by atoms with van der Waals surface area (Å²) in [7, 11) is 1.57. The number of carbonyl (C=O) groups is 1. The molecule has 1 amide bonds. The minimum atomic E-state index is -0.986. The fourth-order valence-electron chi connectivity index (χ4n) is 3.52. The molecule has 1 atom stereocenters. The fraction of sp³-hybridized carbons (Fsp3) is 0.217. The molecule has 0 aliphatic heterocycles. The van der Waals surface area contributed by atoms with Crippen LogP contribution in [0.1, 0.15) is 25.1 Å². The van der Waals surface area contributed by atoms with Gasteiger partial charge in [0.25, 0.3) is 5.56 Å². The van der Waals surface area contributed by atoms with Gasteiger partial charge in [0, 0.05) is 5.56 Å². The van der Waals surface area contributed by atoms with Crippen molar-refractivity contribution in [2.75, 3.05) is 12.4 Å². The number of amides is 1. The summed E-state index contributed by atoms with van der Waals surface area (Å²) in [6.45, 7) is 3.43. The second kappa shape index (κ2) is 8.62. The van der Waals surface area contributed by atoms with Gasteiger partial charge in [-0.15, -0.1) is 0 Å². The molecule has 0 aliphatic carbocycles. The summed E-state index contributed by atoms with van der Waals surface area (Å²) in [4.78, 5) is 26.1. The Hall–Kier alpha value is -4.01. The van der Waals surface area contributed by atoms with Gasteiger partial charge in [-0.25, -0.2) is 9.07 Å². The standard InChI is InChI=1S/C23H21FN4O4/c1-4-18(22(29)25-17-8-6-5-7-16(17)24)28-23(30)21-19(13(2)32-27-21)20(26-28)14-9-11-15(31-3)12-10-14/h5-12,18H,4H2,1-3H3,(H,25,29). The molecule has 164 valence electrons. The van der Waals surface area contributed by atoms with Gasteiger partial charge in [0.2, 0.25) is 5.91 Å². The van der Waals surface area contributed by atoms with Crippen molar-refractivity contribution < 1.29 is 18.4 Å². The zero-order valence-electron chi connectivity index (χ0n) is 17.8. The van der Waals surface area contributed by atoms with Crippen molar-refractivity contribution in [3.63, 3.8) is 0 Å². The smallest absolute Gasteiger partial charge is 0.297 e. The van der Waals surface area contributed by atoms with Crippen molar-refractivity contribution in [1.29, 1.82) is 0 Å². The van der Waals surface area contributed by atoms with Crippen LogP contribution in [0.15, 0.2) is 57.8 Å². The summed E-state index contributed by atoms with van der Waals surface area (Å²) >= 11 is 0. The first kappa shape index (κ1) is 21.2. The highest BCUT2D eigenvalue weighted by atomic mass is 19.1. The highest BCUT2D eigenvalue weighted by Crippen LogP contribution is 2.29. The fourth-order valence-corrected chi connectivity index (χ4v) is 3.52. The molecule has 4 rings (SSSR count).